The molecule has 1 heterocycles. The SMILES string of the molecule is COC1(CCCBr)OCC(=O)[C@@]2(O1)[C@H](C)CC1C3CC(F)=C4CC(=O)C=C[C@]4(C)[C@@]3(F)[C@@H](O)C[C@@]12C. The smallest absolute Gasteiger partial charge is 0.284 e. The Labute approximate surface area is 218 Å². The van der Waals surface area contributed by atoms with Crippen LogP contribution in [0.5, 0.6) is 0 Å². The van der Waals surface area contributed by atoms with Crippen molar-refractivity contribution in [2.75, 3.05) is 19.0 Å². The molecule has 9 atom stereocenters. The molecule has 6 nitrogen and oxygen atoms in total. The van der Waals surface area contributed by atoms with Gasteiger partial charge in [-0.1, -0.05) is 35.9 Å². The predicted octanol–water partition coefficient (Wildman–Crippen LogP) is 4.73. The van der Waals surface area contributed by atoms with E-state index in [9.17, 15) is 14.7 Å². The molecule has 0 amide bonds. The highest BCUT2D eigenvalue weighted by Gasteiger charge is 2.78. The summed E-state index contributed by atoms with van der Waals surface area (Å²) in [6.07, 6.45) is 2.31. The van der Waals surface area contributed by atoms with E-state index < -0.39 is 51.8 Å². The first-order chi connectivity index (χ1) is 16.8. The molecule has 3 fully saturated rings. The summed E-state index contributed by atoms with van der Waals surface area (Å²) in [5.74, 6) is -4.12. The largest absolute Gasteiger partial charge is 0.390 e. The van der Waals surface area contributed by atoms with Crippen LogP contribution in [0.3, 0.4) is 0 Å². The van der Waals surface area contributed by atoms with Gasteiger partial charge in [0.25, 0.3) is 5.97 Å². The number of ether oxygens (including phenoxy) is 3. The number of rotatable bonds is 4. The summed E-state index contributed by atoms with van der Waals surface area (Å²) in [5, 5.41) is 12.3. The maximum absolute atomic E-state index is 17.4. The Kier molecular flexibility index (Phi) is 6.28. The number of methoxy groups -OCH3 is 1. The van der Waals surface area contributed by atoms with Gasteiger partial charge in [-0.25, -0.2) is 8.78 Å². The number of ketones is 2. The van der Waals surface area contributed by atoms with E-state index in [2.05, 4.69) is 15.9 Å². The fourth-order valence-electron chi connectivity index (χ4n) is 8.53. The number of halogens is 3. The molecule has 36 heavy (non-hydrogen) atoms. The Morgan fingerprint density at radius 1 is 1.28 bits per heavy atom. The lowest BCUT2D eigenvalue weighted by atomic mass is 9.45. The van der Waals surface area contributed by atoms with Crippen molar-refractivity contribution in [3.63, 3.8) is 0 Å². The number of alkyl halides is 2. The van der Waals surface area contributed by atoms with Gasteiger partial charge in [-0.3, -0.25) is 9.59 Å². The van der Waals surface area contributed by atoms with Gasteiger partial charge in [0.15, 0.2) is 17.2 Å². The molecule has 1 N–H and O–H groups in total. The molecular weight excluding hydrogens is 538 g/mol. The fourth-order valence-corrected chi connectivity index (χ4v) is 8.81. The maximum atomic E-state index is 17.4. The van der Waals surface area contributed by atoms with Gasteiger partial charge in [-0.05, 0) is 49.7 Å². The van der Waals surface area contributed by atoms with Crippen molar-refractivity contribution < 1.29 is 37.7 Å². The van der Waals surface area contributed by atoms with Crippen LogP contribution in [0.4, 0.5) is 8.78 Å². The Bertz CT molecular complexity index is 1050. The van der Waals surface area contributed by atoms with Crippen molar-refractivity contribution in [3.8, 4) is 0 Å². The van der Waals surface area contributed by atoms with Crippen LogP contribution >= 0.6 is 15.9 Å². The standard InChI is InChI=1S/C27H35BrF2O6/c1-15-10-17-18-12-20(29)19-11-16(31)6-8-23(19,2)26(18,30)21(32)13-24(17,3)27(15)22(33)14-35-25(34-4,36-27)7-5-9-28/h6,8,15,17-18,21,32H,5,7,9-14H2,1-4H3/t15-,17?,18?,21+,23+,24+,25?,26+,27+/m1/s1. The van der Waals surface area contributed by atoms with Crippen molar-refractivity contribution >= 4 is 27.5 Å². The van der Waals surface area contributed by atoms with Gasteiger partial charge in [0.2, 0.25) is 0 Å². The van der Waals surface area contributed by atoms with Crippen molar-refractivity contribution in [1.82, 2.24) is 0 Å². The molecule has 0 aromatic rings. The number of Topliss-reactive ketones (excluding diaryl/α,β-unsaturated/α-hetero) is 1. The monoisotopic (exact) mass is 572 g/mol. The van der Waals surface area contributed by atoms with Gasteiger partial charge in [-0.15, -0.1) is 0 Å². The van der Waals surface area contributed by atoms with Gasteiger partial charge in [0.1, 0.15) is 18.0 Å². The first-order valence-corrected chi connectivity index (χ1v) is 13.9. The van der Waals surface area contributed by atoms with Crippen molar-refractivity contribution in [2.24, 2.45) is 28.6 Å². The highest BCUT2D eigenvalue weighted by Crippen LogP contribution is 2.72. The van der Waals surface area contributed by atoms with Crippen LogP contribution in [0.15, 0.2) is 23.6 Å². The van der Waals surface area contributed by atoms with Gasteiger partial charge in [0, 0.05) is 48.5 Å². The first-order valence-electron chi connectivity index (χ1n) is 12.8. The number of fused-ring (bicyclic) bond motifs is 6. The Morgan fingerprint density at radius 2 is 2.00 bits per heavy atom. The highest BCUT2D eigenvalue weighted by molar-refractivity contribution is 9.09. The lowest BCUT2D eigenvalue weighted by molar-refractivity contribution is -0.430. The molecule has 200 valence electrons. The van der Waals surface area contributed by atoms with Gasteiger partial charge >= 0.3 is 0 Å². The molecule has 4 aliphatic carbocycles. The van der Waals surface area contributed by atoms with Crippen LogP contribution in [0, 0.1) is 28.6 Å². The Balaban J connectivity index is 1.62. The number of carbonyl (C=O) groups is 2. The lowest BCUT2D eigenvalue weighted by Crippen LogP contribution is -2.72. The number of aliphatic hydroxyl groups is 1. The molecule has 5 rings (SSSR count). The van der Waals surface area contributed by atoms with Crippen LogP contribution in [0.2, 0.25) is 0 Å². The molecule has 0 bridgehead atoms. The summed E-state index contributed by atoms with van der Waals surface area (Å²) in [6, 6.07) is 0. The zero-order chi connectivity index (χ0) is 26.3. The van der Waals surface area contributed by atoms with Gasteiger partial charge in [0.05, 0.1) is 6.10 Å². The topological polar surface area (TPSA) is 82.1 Å². The summed E-state index contributed by atoms with van der Waals surface area (Å²) in [5.41, 5.74) is -5.86. The molecular formula is C27H35BrF2O6. The highest BCUT2D eigenvalue weighted by atomic mass is 79.9. The average Bonchev–Trinajstić information content (AvgIpc) is 3.05. The first kappa shape index (κ1) is 26.6. The quantitative estimate of drug-likeness (QED) is 0.490. The number of allylic oxidation sites excluding steroid dienone is 4. The minimum Gasteiger partial charge on any atom is -0.390 e. The molecule has 1 aliphatic heterocycles. The molecule has 0 radical (unpaired) electrons. The summed E-state index contributed by atoms with van der Waals surface area (Å²) < 4.78 is 51.1. The lowest BCUT2D eigenvalue weighted by Gasteiger charge is -2.63. The van der Waals surface area contributed by atoms with Crippen LogP contribution in [-0.4, -0.2) is 59.1 Å². The Hall–Kier alpha value is -1.00. The summed E-state index contributed by atoms with van der Waals surface area (Å²) >= 11 is 3.41. The van der Waals surface area contributed by atoms with E-state index in [4.69, 9.17) is 14.2 Å². The van der Waals surface area contributed by atoms with E-state index in [1.807, 2.05) is 13.8 Å². The Morgan fingerprint density at radius 3 is 2.67 bits per heavy atom. The molecule has 3 unspecified atom stereocenters. The summed E-state index contributed by atoms with van der Waals surface area (Å²) in [6.45, 7) is 5.15. The van der Waals surface area contributed by atoms with Crippen molar-refractivity contribution in [3.05, 3.63) is 23.6 Å². The van der Waals surface area contributed by atoms with Crippen LogP contribution in [-0.2, 0) is 23.8 Å². The van der Waals surface area contributed by atoms with E-state index in [1.165, 1.54) is 19.3 Å². The second kappa shape index (κ2) is 8.50. The molecule has 0 aromatic carbocycles. The summed E-state index contributed by atoms with van der Waals surface area (Å²) in [4.78, 5) is 25.8. The maximum Gasteiger partial charge on any atom is 0.284 e. The van der Waals surface area contributed by atoms with E-state index in [0.717, 1.165) is 0 Å². The number of hydrogen-bond donors (Lipinski definition) is 1. The molecule has 1 spiro atoms. The number of carbonyl (C=O) groups excluding carboxylic acids is 2. The third-order valence-electron chi connectivity index (χ3n) is 10.3. The predicted molar refractivity (Wildman–Crippen MR) is 130 cm³/mol. The van der Waals surface area contributed by atoms with E-state index in [1.54, 1.807) is 6.92 Å². The zero-order valence-corrected chi connectivity index (χ0v) is 22.8. The second-order valence-corrected chi connectivity index (χ2v) is 12.5. The van der Waals surface area contributed by atoms with E-state index in [-0.39, 0.29) is 48.9 Å². The zero-order valence-electron chi connectivity index (χ0n) is 21.2. The van der Waals surface area contributed by atoms with E-state index >= 15 is 8.78 Å². The second-order valence-electron chi connectivity index (χ2n) is 11.8. The average molecular weight is 573 g/mol. The van der Waals surface area contributed by atoms with Crippen LogP contribution < -0.4 is 0 Å². The minimum absolute atomic E-state index is 0.0364. The molecule has 9 heteroatoms. The van der Waals surface area contributed by atoms with Crippen molar-refractivity contribution in [1.29, 1.82) is 0 Å². The van der Waals surface area contributed by atoms with Gasteiger partial charge < -0.3 is 19.3 Å². The van der Waals surface area contributed by atoms with E-state index in [0.29, 0.717) is 24.6 Å². The third kappa shape index (κ3) is 3.12. The number of hydrogen-bond acceptors (Lipinski definition) is 6. The fraction of sp³-hybridized carbons (Fsp3) is 0.778. The van der Waals surface area contributed by atoms with Crippen molar-refractivity contribution in [2.45, 2.75) is 82.6 Å². The number of aliphatic hydroxyl groups excluding tert-OH is 1. The molecule has 2 saturated carbocycles. The molecule has 1 saturated heterocycles. The minimum atomic E-state index is -2.19. The molecule has 5 aliphatic rings. The van der Waals surface area contributed by atoms with Crippen LogP contribution in [0.1, 0.15) is 59.3 Å². The normalized spacial score (nSPS) is 50.3. The summed E-state index contributed by atoms with van der Waals surface area (Å²) in [7, 11) is 1.47. The van der Waals surface area contributed by atoms with Gasteiger partial charge in [-0.2, -0.15) is 0 Å². The third-order valence-corrected chi connectivity index (χ3v) is 10.8. The van der Waals surface area contributed by atoms with Crippen LogP contribution in [0.25, 0.3) is 0 Å². The molecule has 0 aromatic heterocycles.